The normalized spacial score (nSPS) is 12.1. The highest BCUT2D eigenvalue weighted by molar-refractivity contribution is 5.75. The van der Waals surface area contributed by atoms with Crippen molar-refractivity contribution < 1.29 is 24.2 Å². The fourth-order valence-corrected chi connectivity index (χ4v) is 3.44. The second-order valence-corrected chi connectivity index (χ2v) is 9.20. The van der Waals surface area contributed by atoms with Crippen molar-refractivity contribution in [1.29, 1.82) is 0 Å². The first-order valence-corrected chi connectivity index (χ1v) is 11.5. The number of aliphatic carboxylic acids is 1. The van der Waals surface area contributed by atoms with Crippen molar-refractivity contribution in [3.05, 3.63) is 102 Å². The van der Waals surface area contributed by atoms with Crippen LogP contribution in [0.1, 0.15) is 37.5 Å². The van der Waals surface area contributed by atoms with Gasteiger partial charge in [-0.15, -0.1) is 0 Å². The minimum atomic E-state index is -1.05. The van der Waals surface area contributed by atoms with Crippen LogP contribution in [0.25, 0.3) is 0 Å². The summed E-state index contributed by atoms with van der Waals surface area (Å²) in [6.45, 7) is 5.91. The summed E-state index contributed by atoms with van der Waals surface area (Å²) in [7, 11) is 0. The molecular formula is C28H32N2O5. The van der Waals surface area contributed by atoms with Crippen LogP contribution in [0.3, 0.4) is 0 Å². The van der Waals surface area contributed by atoms with Gasteiger partial charge in [0.05, 0.1) is 0 Å². The van der Waals surface area contributed by atoms with E-state index in [1.165, 1.54) is 5.01 Å². The Balaban J connectivity index is 1.72. The van der Waals surface area contributed by atoms with Crippen molar-refractivity contribution >= 4 is 12.1 Å². The number of hydrazine groups is 1. The molecule has 0 saturated carbocycles. The van der Waals surface area contributed by atoms with Gasteiger partial charge in [-0.1, -0.05) is 72.8 Å². The minimum Gasteiger partial charge on any atom is -0.489 e. The molecule has 7 nitrogen and oxygen atoms in total. The molecule has 0 radical (unpaired) electrons. The monoisotopic (exact) mass is 476 g/mol. The molecule has 3 aromatic rings. The second-order valence-electron chi connectivity index (χ2n) is 9.20. The lowest BCUT2D eigenvalue weighted by atomic mass is 10.0. The molecule has 35 heavy (non-hydrogen) atoms. The van der Waals surface area contributed by atoms with Gasteiger partial charge in [0, 0.05) is 13.0 Å². The zero-order chi connectivity index (χ0) is 25.3. The van der Waals surface area contributed by atoms with Crippen molar-refractivity contribution in [2.75, 3.05) is 0 Å². The molecule has 1 atom stereocenters. The number of ether oxygens (including phenoxy) is 2. The number of carbonyl (C=O) groups excluding carboxylic acids is 1. The smallest absolute Gasteiger partial charge is 0.422 e. The number of nitrogens with one attached hydrogen (secondary N) is 1. The van der Waals surface area contributed by atoms with Crippen molar-refractivity contribution in [2.24, 2.45) is 0 Å². The topological polar surface area (TPSA) is 88.1 Å². The summed E-state index contributed by atoms with van der Waals surface area (Å²) in [5.74, 6) is -0.362. The average Bonchev–Trinajstić information content (AvgIpc) is 2.81. The lowest BCUT2D eigenvalue weighted by Crippen LogP contribution is -2.53. The molecule has 7 heteroatoms. The Morgan fingerprint density at radius 1 is 0.857 bits per heavy atom. The maximum Gasteiger partial charge on any atom is 0.422 e. The number of hydrogen-bond acceptors (Lipinski definition) is 5. The lowest BCUT2D eigenvalue weighted by Gasteiger charge is -2.30. The third-order valence-corrected chi connectivity index (χ3v) is 5.09. The van der Waals surface area contributed by atoms with Crippen LogP contribution in [0.4, 0.5) is 4.79 Å². The molecule has 3 rings (SSSR count). The van der Waals surface area contributed by atoms with Gasteiger partial charge in [0.15, 0.2) is 0 Å². The SMILES string of the molecule is CC(C)(C)OC(=O)NN(Cc1ccccc1)[C@H](Cc1ccc(OCc2ccccc2)cc1)C(=O)O. The van der Waals surface area contributed by atoms with Crippen LogP contribution in [0.5, 0.6) is 5.75 Å². The molecule has 0 aliphatic heterocycles. The Bertz CT molecular complexity index is 1080. The number of rotatable bonds is 10. The van der Waals surface area contributed by atoms with Gasteiger partial charge >= 0.3 is 12.1 Å². The van der Waals surface area contributed by atoms with Gasteiger partial charge in [-0.3, -0.25) is 10.2 Å². The van der Waals surface area contributed by atoms with E-state index in [1.54, 1.807) is 20.8 Å². The standard InChI is InChI=1S/C28H32N2O5/c1-28(2,3)35-27(33)29-30(19-22-10-6-4-7-11-22)25(26(31)32)18-21-14-16-24(17-15-21)34-20-23-12-8-5-9-13-23/h4-17,25H,18-20H2,1-3H3,(H,29,33)(H,31,32)/t25-/m1/s1. The van der Waals surface area contributed by atoms with Crippen LogP contribution in [0.15, 0.2) is 84.9 Å². The van der Waals surface area contributed by atoms with Crippen LogP contribution in [0, 0.1) is 0 Å². The number of amides is 1. The zero-order valence-electron chi connectivity index (χ0n) is 20.3. The van der Waals surface area contributed by atoms with Gasteiger partial charge in [0.1, 0.15) is 24.0 Å². The van der Waals surface area contributed by atoms with Crippen molar-refractivity contribution in [3.63, 3.8) is 0 Å². The number of carbonyl (C=O) groups is 2. The highest BCUT2D eigenvalue weighted by Gasteiger charge is 2.29. The van der Waals surface area contributed by atoms with Crippen LogP contribution in [0.2, 0.25) is 0 Å². The van der Waals surface area contributed by atoms with E-state index in [4.69, 9.17) is 9.47 Å². The Morgan fingerprint density at radius 3 is 1.97 bits per heavy atom. The third kappa shape index (κ3) is 8.79. The Morgan fingerprint density at radius 2 is 1.43 bits per heavy atom. The molecule has 0 aliphatic carbocycles. The van der Waals surface area contributed by atoms with Crippen molar-refractivity contribution in [3.8, 4) is 5.75 Å². The Kier molecular flexibility index (Phi) is 8.86. The van der Waals surface area contributed by atoms with E-state index in [0.29, 0.717) is 12.4 Å². The molecule has 2 N–H and O–H groups in total. The number of carboxylic acid groups (broad SMARTS) is 1. The first kappa shape index (κ1) is 25.8. The second kappa shape index (κ2) is 12.0. The number of hydrogen-bond donors (Lipinski definition) is 2. The van der Waals surface area contributed by atoms with E-state index in [9.17, 15) is 14.7 Å². The van der Waals surface area contributed by atoms with E-state index in [1.807, 2.05) is 84.9 Å². The number of benzene rings is 3. The molecule has 0 fully saturated rings. The van der Waals surface area contributed by atoms with Gasteiger partial charge in [-0.05, 0) is 49.6 Å². The summed E-state index contributed by atoms with van der Waals surface area (Å²) in [6, 6.07) is 25.5. The van der Waals surface area contributed by atoms with Gasteiger partial charge in [0.25, 0.3) is 0 Å². The van der Waals surface area contributed by atoms with Crippen molar-refractivity contribution in [2.45, 2.75) is 52.0 Å². The Hall–Kier alpha value is -3.84. The predicted octanol–water partition coefficient (Wildman–Crippen LogP) is 5.20. The molecule has 184 valence electrons. The molecule has 0 aromatic heterocycles. The van der Waals surface area contributed by atoms with Crippen molar-refractivity contribution in [1.82, 2.24) is 10.4 Å². The largest absolute Gasteiger partial charge is 0.489 e. The molecule has 0 spiro atoms. The van der Waals surface area contributed by atoms with Gasteiger partial charge in [-0.25, -0.2) is 4.79 Å². The fraction of sp³-hybridized carbons (Fsp3) is 0.286. The quantitative estimate of drug-likeness (QED) is 0.391. The van der Waals surface area contributed by atoms with E-state index >= 15 is 0 Å². The summed E-state index contributed by atoms with van der Waals surface area (Å²) in [5, 5.41) is 11.4. The van der Waals surface area contributed by atoms with E-state index in [0.717, 1.165) is 16.7 Å². The van der Waals surface area contributed by atoms with Crippen LogP contribution in [-0.2, 0) is 29.1 Å². The van der Waals surface area contributed by atoms with Crippen LogP contribution < -0.4 is 10.2 Å². The third-order valence-electron chi connectivity index (χ3n) is 5.09. The summed E-state index contributed by atoms with van der Waals surface area (Å²) in [5.41, 5.74) is 4.65. The van der Waals surface area contributed by atoms with E-state index in [-0.39, 0.29) is 13.0 Å². The number of nitrogens with zero attached hydrogens (tertiary/aromatic N) is 1. The van der Waals surface area contributed by atoms with Gasteiger partial charge in [-0.2, -0.15) is 5.01 Å². The maximum atomic E-state index is 12.5. The number of carboxylic acids is 1. The predicted molar refractivity (Wildman–Crippen MR) is 134 cm³/mol. The lowest BCUT2D eigenvalue weighted by molar-refractivity contribution is -0.144. The molecule has 3 aromatic carbocycles. The molecule has 0 bridgehead atoms. The zero-order valence-corrected chi connectivity index (χ0v) is 20.3. The molecule has 0 unspecified atom stereocenters. The van der Waals surface area contributed by atoms with E-state index < -0.39 is 23.7 Å². The van der Waals surface area contributed by atoms with Crippen LogP contribution >= 0.6 is 0 Å². The summed E-state index contributed by atoms with van der Waals surface area (Å²) < 4.78 is 11.2. The molecule has 0 saturated heterocycles. The Labute approximate surface area is 206 Å². The van der Waals surface area contributed by atoms with Gasteiger partial charge < -0.3 is 14.6 Å². The molecule has 0 aliphatic rings. The van der Waals surface area contributed by atoms with Crippen LogP contribution in [-0.4, -0.2) is 33.8 Å². The van der Waals surface area contributed by atoms with Gasteiger partial charge in [0.2, 0.25) is 0 Å². The van der Waals surface area contributed by atoms with E-state index in [2.05, 4.69) is 5.43 Å². The summed E-state index contributed by atoms with van der Waals surface area (Å²) in [4.78, 5) is 24.8. The summed E-state index contributed by atoms with van der Waals surface area (Å²) >= 11 is 0. The average molecular weight is 477 g/mol. The fourth-order valence-electron chi connectivity index (χ4n) is 3.44. The first-order chi connectivity index (χ1) is 16.7. The molecular weight excluding hydrogens is 444 g/mol. The minimum absolute atomic E-state index is 0.178. The summed E-state index contributed by atoms with van der Waals surface area (Å²) in [6.07, 6.45) is -0.527. The highest BCUT2D eigenvalue weighted by atomic mass is 16.6. The maximum absolute atomic E-state index is 12.5. The highest BCUT2D eigenvalue weighted by Crippen LogP contribution is 2.18. The first-order valence-electron chi connectivity index (χ1n) is 11.5. The molecule has 0 heterocycles. The molecule has 1 amide bonds.